The van der Waals surface area contributed by atoms with E-state index in [0.29, 0.717) is 13.2 Å². The predicted octanol–water partition coefficient (Wildman–Crippen LogP) is 0.848. The van der Waals surface area contributed by atoms with Crippen molar-refractivity contribution >= 4 is 5.91 Å². The fourth-order valence-electron chi connectivity index (χ4n) is 1.65. The number of nitrogens with two attached hydrogens (primary N) is 1. The van der Waals surface area contributed by atoms with Crippen LogP contribution >= 0.6 is 0 Å². The summed E-state index contributed by atoms with van der Waals surface area (Å²) in [5, 5.41) is 3.29. The number of rotatable bonds is 8. The van der Waals surface area contributed by atoms with E-state index in [9.17, 15) is 4.79 Å². The molecule has 3 N–H and O–H groups in total. The molecule has 0 aliphatic heterocycles. The summed E-state index contributed by atoms with van der Waals surface area (Å²) < 4.78 is 10.4. The summed E-state index contributed by atoms with van der Waals surface area (Å²) >= 11 is 0. The van der Waals surface area contributed by atoms with E-state index in [1.165, 1.54) is 0 Å². The number of amides is 1. The Morgan fingerprint density at radius 1 is 1.44 bits per heavy atom. The Bertz CT molecular complexity index is 382. The molecule has 1 amide bonds. The highest BCUT2D eigenvalue weighted by Crippen LogP contribution is 2.23. The van der Waals surface area contributed by atoms with Gasteiger partial charge in [0.05, 0.1) is 13.7 Å². The summed E-state index contributed by atoms with van der Waals surface area (Å²) in [4.78, 5) is 10.5. The van der Waals surface area contributed by atoms with Crippen molar-refractivity contribution in [1.82, 2.24) is 5.32 Å². The molecule has 0 fully saturated rings. The van der Waals surface area contributed by atoms with Crippen molar-refractivity contribution in [2.45, 2.75) is 13.0 Å². The van der Waals surface area contributed by atoms with Gasteiger partial charge in [0.1, 0.15) is 12.4 Å². The number of nitrogens with one attached hydrogen (secondary N) is 1. The summed E-state index contributed by atoms with van der Waals surface area (Å²) in [6, 6.07) is 8.00. The molecule has 0 heterocycles. The number of methoxy groups -OCH3 is 1. The van der Waals surface area contributed by atoms with Crippen LogP contribution in [0.3, 0.4) is 0 Å². The van der Waals surface area contributed by atoms with E-state index in [4.69, 9.17) is 15.2 Å². The molecular formula is C13H20N2O3. The largest absolute Gasteiger partial charge is 0.496 e. The maximum Gasteiger partial charge on any atom is 0.243 e. The zero-order chi connectivity index (χ0) is 13.4. The van der Waals surface area contributed by atoms with E-state index in [-0.39, 0.29) is 12.6 Å². The molecule has 0 saturated carbocycles. The average molecular weight is 252 g/mol. The van der Waals surface area contributed by atoms with E-state index in [1.807, 2.05) is 31.2 Å². The second-order valence-electron chi connectivity index (χ2n) is 3.94. The van der Waals surface area contributed by atoms with Gasteiger partial charge in [-0.05, 0) is 13.0 Å². The smallest absolute Gasteiger partial charge is 0.243 e. The van der Waals surface area contributed by atoms with Gasteiger partial charge in [-0.3, -0.25) is 4.79 Å². The van der Waals surface area contributed by atoms with Crippen LogP contribution in [-0.4, -0.2) is 32.8 Å². The highest BCUT2D eigenvalue weighted by molar-refractivity contribution is 5.74. The number of ether oxygens (including phenoxy) is 2. The molecule has 1 unspecified atom stereocenters. The van der Waals surface area contributed by atoms with Gasteiger partial charge in [-0.1, -0.05) is 18.2 Å². The number of carbonyl (C=O) groups is 1. The van der Waals surface area contributed by atoms with Crippen molar-refractivity contribution in [2.24, 2.45) is 5.73 Å². The first-order valence-electron chi connectivity index (χ1n) is 5.87. The molecule has 0 spiro atoms. The van der Waals surface area contributed by atoms with Crippen LogP contribution in [0, 0.1) is 0 Å². The minimum atomic E-state index is -0.451. The van der Waals surface area contributed by atoms with Crippen LogP contribution in [-0.2, 0) is 9.53 Å². The van der Waals surface area contributed by atoms with Crippen molar-refractivity contribution < 1.29 is 14.3 Å². The second kappa shape index (κ2) is 7.68. The number of hydrogen-bond acceptors (Lipinski definition) is 4. The topological polar surface area (TPSA) is 73.6 Å². The van der Waals surface area contributed by atoms with Crippen LogP contribution < -0.4 is 15.8 Å². The molecule has 5 nitrogen and oxygen atoms in total. The molecule has 0 radical (unpaired) electrons. The third-order valence-corrected chi connectivity index (χ3v) is 2.55. The highest BCUT2D eigenvalue weighted by atomic mass is 16.5. The summed E-state index contributed by atoms with van der Waals surface area (Å²) in [6.07, 6.45) is 0. The number of carbonyl (C=O) groups excluding carboxylic acids is 1. The maximum absolute atomic E-state index is 10.5. The third kappa shape index (κ3) is 4.73. The molecule has 0 bridgehead atoms. The Hall–Kier alpha value is -1.59. The zero-order valence-corrected chi connectivity index (χ0v) is 10.8. The summed E-state index contributed by atoms with van der Waals surface area (Å²) in [6.45, 7) is 3.10. The monoisotopic (exact) mass is 252 g/mol. The van der Waals surface area contributed by atoms with Crippen LogP contribution in [0.2, 0.25) is 0 Å². The normalized spacial score (nSPS) is 12.1. The van der Waals surface area contributed by atoms with Gasteiger partial charge < -0.3 is 20.5 Å². The van der Waals surface area contributed by atoms with Gasteiger partial charge in [0.25, 0.3) is 0 Å². The SMILES string of the molecule is COc1ccccc1C(C)NCCOCC(N)=O. The zero-order valence-electron chi connectivity index (χ0n) is 10.8. The third-order valence-electron chi connectivity index (χ3n) is 2.55. The fourth-order valence-corrected chi connectivity index (χ4v) is 1.65. The van der Waals surface area contributed by atoms with E-state index in [2.05, 4.69) is 5.32 Å². The summed E-state index contributed by atoms with van der Waals surface area (Å²) in [5.74, 6) is 0.406. The Labute approximate surface area is 107 Å². The van der Waals surface area contributed by atoms with Crippen LogP contribution in [0.4, 0.5) is 0 Å². The first kappa shape index (κ1) is 14.5. The molecule has 0 aliphatic rings. The first-order valence-corrected chi connectivity index (χ1v) is 5.87. The molecule has 1 aromatic carbocycles. The number of benzene rings is 1. The maximum atomic E-state index is 10.5. The lowest BCUT2D eigenvalue weighted by Gasteiger charge is -2.17. The Balaban J connectivity index is 2.36. The van der Waals surface area contributed by atoms with Crippen LogP contribution in [0.15, 0.2) is 24.3 Å². The Morgan fingerprint density at radius 3 is 2.83 bits per heavy atom. The molecule has 5 heteroatoms. The van der Waals surface area contributed by atoms with Gasteiger partial charge in [0, 0.05) is 18.2 Å². The van der Waals surface area contributed by atoms with Gasteiger partial charge in [-0.15, -0.1) is 0 Å². The molecule has 18 heavy (non-hydrogen) atoms. The van der Waals surface area contributed by atoms with E-state index >= 15 is 0 Å². The first-order chi connectivity index (χ1) is 8.65. The number of primary amides is 1. The lowest BCUT2D eigenvalue weighted by molar-refractivity contribution is -0.122. The van der Waals surface area contributed by atoms with Crippen molar-refractivity contribution in [3.63, 3.8) is 0 Å². The van der Waals surface area contributed by atoms with Gasteiger partial charge >= 0.3 is 0 Å². The standard InChI is InChI=1S/C13H20N2O3/c1-10(15-7-8-18-9-13(14)16)11-5-3-4-6-12(11)17-2/h3-6,10,15H,7-9H2,1-2H3,(H2,14,16). The summed E-state index contributed by atoms with van der Waals surface area (Å²) in [7, 11) is 1.65. The lowest BCUT2D eigenvalue weighted by atomic mass is 10.1. The van der Waals surface area contributed by atoms with E-state index in [1.54, 1.807) is 7.11 Å². The molecule has 0 aliphatic carbocycles. The molecule has 1 atom stereocenters. The summed E-state index contributed by atoms with van der Waals surface area (Å²) in [5.41, 5.74) is 6.06. The fraction of sp³-hybridized carbons (Fsp3) is 0.462. The lowest BCUT2D eigenvalue weighted by Crippen LogP contribution is -2.26. The molecular weight excluding hydrogens is 232 g/mol. The van der Waals surface area contributed by atoms with Crippen molar-refractivity contribution in [2.75, 3.05) is 26.9 Å². The molecule has 1 aromatic rings. The molecule has 1 rings (SSSR count). The second-order valence-corrected chi connectivity index (χ2v) is 3.94. The van der Waals surface area contributed by atoms with Crippen molar-refractivity contribution in [1.29, 1.82) is 0 Å². The highest BCUT2D eigenvalue weighted by Gasteiger charge is 2.09. The van der Waals surface area contributed by atoms with Crippen molar-refractivity contribution in [3.8, 4) is 5.75 Å². The predicted molar refractivity (Wildman–Crippen MR) is 69.4 cm³/mol. The Morgan fingerprint density at radius 2 is 2.17 bits per heavy atom. The molecule has 100 valence electrons. The van der Waals surface area contributed by atoms with Gasteiger partial charge in [-0.25, -0.2) is 0 Å². The van der Waals surface area contributed by atoms with Crippen molar-refractivity contribution in [3.05, 3.63) is 29.8 Å². The van der Waals surface area contributed by atoms with Crippen LogP contribution in [0.5, 0.6) is 5.75 Å². The Kier molecular flexibility index (Phi) is 6.18. The number of para-hydroxylation sites is 1. The minimum absolute atomic E-state index is 0.0370. The molecule has 0 aromatic heterocycles. The van der Waals surface area contributed by atoms with Crippen LogP contribution in [0.1, 0.15) is 18.5 Å². The minimum Gasteiger partial charge on any atom is -0.496 e. The average Bonchev–Trinajstić information content (AvgIpc) is 2.37. The van der Waals surface area contributed by atoms with Gasteiger partial charge in [0.2, 0.25) is 5.91 Å². The van der Waals surface area contributed by atoms with E-state index < -0.39 is 5.91 Å². The quantitative estimate of drug-likeness (QED) is 0.673. The van der Waals surface area contributed by atoms with Gasteiger partial charge in [-0.2, -0.15) is 0 Å². The van der Waals surface area contributed by atoms with E-state index in [0.717, 1.165) is 11.3 Å². The number of hydrogen-bond donors (Lipinski definition) is 2. The van der Waals surface area contributed by atoms with Gasteiger partial charge in [0.15, 0.2) is 0 Å². The van der Waals surface area contributed by atoms with Crippen LogP contribution in [0.25, 0.3) is 0 Å². The molecule has 0 saturated heterocycles.